The van der Waals surface area contributed by atoms with Crippen molar-refractivity contribution in [3.8, 4) is 0 Å². The van der Waals surface area contributed by atoms with E-state index in [1.807, 2.05) is 0 Å². The van der Waals surface area contributed by atoms with Gasteiger partial charge in [0.05, 0.1) is 0 Å². The van der Waals surface area contributed by atoms with E-state index in [9.17, 15) is 0 Å². The maximum Gasteiger partial charge on any atom is 0 e. The van der Waals surface area contributed by atoms with Crippen molar-refractivity contribution in [2.75, 3.05) is 0 Å². The second-order valence-electron chi connectivity index (χ2n) is 9.96. The summed E-state index contributed by atoms with van der Waals surface area (Å²) in [5, 5.41) is 6.19. The molecule has 0 atom stereocenters. The van der Waals surface area contributed by atoms with Crippen molar-refractivity contribution in [3.63, 3.8) is 0 Å². The molecule has 0 spiro atoms. The van der Waals surface area contributed by atoms with Crippen molar-refractivity contribution in [1.29, 1.82) is 0 Å². The zero-order chi connectivity index (χ0) is 32.4. The molecule has 0 amide bonds. The van der Waals surface area contributed by atoms with Crippen LogP contribution < -0.4 is 21.2 Å². The number of hydrogen-bond acceptors (Lipinski definition) is 0. The molecule has 2 aliphatic rings. The molecular weight excluding hydrogens is 734 g/mol. The molecule has 0 bridgehead atoms. The summed E-state index contributed by atoms with van der Waals surface area (Å²) in [4.78, 5) is 0. The molecule has 2 aliphatic carbocycles. The molecule has 46 heavy (non-hydrogen) atoms. The molecule has 2 fully saturated rings. The van der Waals surface area contributed by atoms with Crippen molar-refractivity contribution in [1.82, 2.24) is 0 Å². The zero-order valence-electron chi connectivity index (χ0n) is 25.6. The first-order chi connectivity index (χ1) is 21.9. The first-order valence-electron chi connectivity index (χ1n) is 14.5. The second-order valence-corrected chi connectivity index (χ2v) is 15.0. The smallest absolute Gasteiger partial charge is 0 e. The Morgan fingerprint density at radius 3 is 0.717 bits per heavy atom. The van der Waals surface area contributed by atoms with Crippen molar-refractivity contribution in [2.45, 2.75) is 62.7 Å². The molecule has 6 rings (SSSR count). The van der Waals surface area contributed by atoms with Gasteiger partial charge in [-0.2, -0.15) is 0 Å². The maximum absolute atomic E-state index is 7.50. The molecule has 0 saturated heterocycles. The van der Waals surface area contributed by atoms with Gasteiger partial charge in [-0.05, 0) is 74.1 Å². The van der Waals surface area contributed by atoms with E-state index in [-0.39, 0.29) is 54.0 Å². The Morgan fingerprint density at radius 1 is 0.370 bits per heavy atom. The van der Waals surface area contributed by atoms with E-state index in [2.05, 4.69) is 148 Å². The Labute approximate surface area is 302 Å². The minimum Gasteiger partial charge on any atom is -0.0622 e. The number of benzene rings is 4. The van der Waals surface area contributed by atoms with Gasteiger partial charge in [0.2, 0.25) is 0 Å². The summed E-state index contributed by atoms with van der Waals surface area (Å²) in [5.41, 5.74) is 1.79. The van der Waals surface area contributed by atoms with Gasteiger partial charge in [-0.3, -0.25) is 0 Å². The van der Waals surface area contributed by atoms with Crippen LogP contribution in [0.25, 0.3) is 0 Å². The molecule has 4 aromatic rings. The third kappa shape index (κ3) is 15.2. The SMILES string of the molecule is [C-]#[O+].[C-]#[O+].[C-]#[O+].[C-]#[O+].[Fe].[Mo].c1ccc(P(c2ccccc2)C2CCCC2)cc1.c1ccc(P(c2ccccc2)C2CCCC2)cc1. The second kappa shape index (κ2) is 30.3. The normalized spacial score (nSPS) is 12.9. The summed E-state index contributed by atoms with van der Waals surface area (Å²) < 4.78 is 30.0. The predicted molar refractivity (Wildman–Crippen MR) is 178 cm³/mol. The van der Waals surface area contributed by atoms with Crippen LogP contribution in [-0.4, -0.2) is 11.3 Å². The number of rotatable bonds is 6. The van der Waals surface area contributed by atoms with Crippen molar-refractivity contribution >= 4 is 37.1 Å². The Kier molecular flexibility index (Phi) is 30.3. The standard InChI is InChI=1S/2C17H19P.4CO.Fe.Mo/c2*1-3-9-15(10-4-1)18(17-13-7-8-14-17)16-11-5-2-6-12-16;4*1-2;;/h2*1-6,9-12,17H,7-8,13-14H2;;;;;;. The number of hydrogen-bond donors (Lipinski definition) is 0. The van der Waals surface area contributed by atoms with Crippen LogP contribution in [0.4, 0.5) is 0 Å². The van der Waals surface area contributed by atoms with Gasteiger partial charge >= 0.3 is 45.2 Å². The fourth-order valence-electron chi connectivity index (χ4n) is 5.82. The van der Waals surface area contributed by atoms with E-state index < -0.39 is 0 Å². The van der Waals surface area contributed by atoms with Crippen molar-refractivity contribution in [3.05, 3.63) is 148 Å². The molecule has 0 radical (unpaired) electrons. The average Bonchev–Trinajstić information content (AvgIpc) is 3.87. The Balaban J connectivity index is 0. The van der Waals surface area contributed by atoms with Crippen LogP contribution >= 0.6 is 15.8 Å². The van der Waals surface area contributed by atoms with Crippen LogP contribution in [-0.2, 0) is 56.7 Å². The molecule has 0 unspecified atom stereocenters. The summed E-state index contributed by atoms with van der Waals surface area (Å²) in [7, 11) is -0.304. The summed E-state index contributed by atoms with van der Waals surface area (Å²) in [6, 6.07) is 44.5. The van der Waals surface area contributed by atoms with Crippen LogP contribution in [0.15, 0.2) is 121 Å². The molecule has 8 heteroatoms. The van der Waals surface area contributed by atoms with Crippen LogP contribution in [0.1, 0.15) is 51.4 Å². The quantitative estimate of drug-likeness (QED) is 0.0826. The Hall–Kier alpha value is -2.09. The summed E-state index contributed by atoms with van der Waals surface area (Å²) >= 11 is 0. The molecule has 0 N–H and O–H groups in total. The summed E-state index contributed by atoms with van der Waals surface area (Å²) in [6.45, 7) is 18.0. The average molecular weight is 772 g/mol. The van der Waals surface area contributed by atoms with Gasteiger partial charge in [0, 0.05) is 38.1 Å². The van der Waals surface area contributed by atoms with E-state index in [0.29, 0.717) is 0 Å². The predicted octanol–water partition coefficient (Wildman–Crippen LogP) is 7.97. The largest absolute Gasteiger partial charge is 0.0622 e. The molecule has 0 aromatic heterocycles. The monoisotopic (exact) mass is 774 g/mol. The van der Waals surface area contributed by atoms with Gasteiger partial charge in [-0.1, -0.05) is 147 Å². The molecule has 4 nitrogen and oxygen atoms in total. The van der Waals surface area contributed by atoms with Gasteiger partial charge in [-0.15, -0.1) is 0 Å². The molecule has 238 valence electrons. The third-order valence-corrected chi connectivity index (χ3v) is 13.4. The van der Waals surface area contributed by atoms with Gasteiger partial charge in [-0.25, -0.2) is 0 Å². The fourth-order valence-corrected chi connectivity index (χ4v) is 11.8. The van der Waals surface area contributed by atoms with Crippen molar-refractivity contribution < 1.29 is 56.7 Å². The zero-order valence-corrected chi connectivity index (χ0v) is 30.5. The maximum atomic E-state index is 7.50. The van der Waals surface area contributed by atoms with Gasteiger partial charge in [0.1, 0.15) is 0 Å². The van der Waals surface area contributed by atoms with E-state index >= 15 is 0 Å². The fraction of sp³-hybridized carbons (Fsp3) is 0.263. The minimum absolute atomic E-state index is 0. The molecule has 0 aliphatic heterocycles. The molecule has 2 saturated carbocycles. The third-order valence-electron chi connectivity index (χ3n) is 7.52. The van der Waals surface area contributed by atoms with Crippen LogP contribution in [0.5, 0.6) is 0 Å². The molecular formula is C38H38FeMoO4P2. The van der Waals surface area contributed by atoms with Gasteiger partial charge in [0.25, 0.3) is 0 Å². The van der Waals surface area contributed by atoms with E-state index in [1.54, 1.807) is 21.2 Å². The first-order valence-corrected chi connectivity index (χ1v) is 17.3. The Morgan fingerprint density at radius 2 is 0.543 bits per heavy atom. The van der Waals surface area contributed by atoms with E-state index in [4.69, 9.17) is 18.6 Å². The minimum atomic E-state index is -0.152. The molecule has 0 heterocycles. The summed E-state index contributed by atoms with van der Waals surface area (Å²) in [6.07, 6.45) is 11.3. The van der Waals surface area contributed by atoms with Crippen LogP contribution in [0.3, 0.4) is 0 Å². The summed E-state index contributed by atoms with van der Waals surface area (Å²) in [5.74, 6) is 0. The van der Waals surface area contributed by atoms with Crippen LogP contribution in [0, 0.1) is 26.6 Å². The molecule has 4 aromatic carbocycles. The van der Waals surface area contributed by atoms with Gasteiger partial charge < -0.3 is 0 Å². The van der Waals surface area contributed by atoms with E-state index in [1.165, 1.54) is 51.4 Å². The first kappa shape index (κ1) is 46.0. The topological polar surface area (TPSA) is 79.6 Å². The van der Waals surface area contributed by atoms with E-state index in [0.717, 1.165) is 11.3 Å². The van der Waals surface area contributed by atoms with Crippen LogP contribution in [0.2, 0.25) is 0 Å². The Bertz CT molecular complexity index is 1140. The van der Waals surface area contributed by atoms with Gasteiger partial charge in [0.15, 0.2) is 0 Å². The van der Waals surface area contributed by atoms with Crippen molar-refractivity contribution in [2.24, 2.45) is 0 Å².